The molecule has 0 unspecified atom stereocenters. The van der Waals surface area contributed by atoms with Gasteiger partial charge in [-0.05, 0) is 68.0 Å². The second kappa shape index (κ2) is 9.00. The molecule has 2 aromatic rings. The number of hydrogen-bond acceptors (Lipinski definition) is 5. The smallest absolute Gasteiger partial charge is 0.261 e. The summed E-state index contributed by atoms with van der Waals surface area (Å²) in [6, 6.07) is 10.3. The lowest BCUT2D eigenvalue weighted by Gasteiger charge is -2.40. The highest BCUT2D eigenvalue weighted by molar-refractivity contribution is 7.82. The number of hydrogen-bond donors (Lipinski definition) is 0. The minimum Gasteiger partial charge on any atom is -0.493 e. The minimum atomic E-state index is -0.716. The van der Waals surface area contributed by atoms with E-state index >= 15 is 0 Å². The predicted molar refractivity (Wildman–Crippen MR) is 132 cm³/mol. The number of methoxy groups -OCH3 is 2. The predicted octanol–water partition coefficient (Wildman–Crippen LogP) is 6.19. The van der Waals surface area contributed by atoms with Gasteiger partial charge in [-0.1, -0.05) is 42.3 Å². The van der Waals surface area contributed by atoms with E-state index in [9.17, 15) is 4.79 Å². The van der Waals surface area contributed by atoms with E-state index < -0.39 is 5.66 Å². The van der Waals surface area contributed by atoms with Crippen LogP contribution in [0.15, 0.2) is 41.4 Å². The molecule has 0 saturated heterocycles. The number of nitrogens with zero attached hydrogens (tertiary/aromatic N) is 2. The van der Waals surface area contributed by atoms with Crippen molar-refractivity contribution in [2.45, 2.75) is 38.3 Å². The Kier molecular flexibility index (Phi) is 6.48. The third-order valence-corrected chi connectivity index (χ3v) is 7.16. The van der Waals surface area contributed by atoms with Gasteiger partial charge in [0.25, 0.3) is 5.91 Å². The molecule has 0 bridgehead atoms. The average Bonchev–Trinajstić information content (AvgIpc) is 3.06. The Hall–Kier alpha value is -2.15. The zero-order valence-corrected chi connectivity index (χ0v) is 20.5. The number of halogens is 2. The molecule has 1 fully saturated rings. The first-order valence-electron chi connectivity index (χ1n) is 10.5. The van der Waals surface area contributed by atoms with Gasteiger partial charge in [-0.15, -0.1) is 0 Å². The van der Waals surface area contributed by atoms with Gasteiger partial charge in [0, 0.05) is 16.1 Å². The van der Waals surface area contributed by atoms with Crippen molar-refractivity contribution in [1.82, 2.24) is 4.90 Å². The molecule has 0 atom stereocenters. The molecule has 4 rings (SSSR count). The van der Waals surface area contributed by atoms with Gasteiger partial charge < -0.3 is 9.47 Å². The van der Waals surface area contributed by atoms with E-state index in [2.05, 4.69) is 6.92 Å². The van der Waals surface area contributed by atoms with Gasteiger partial charge in [0.15, 0.2) is 11.5 Å². The highest BCUT2D eigenvalue weighted by Crippen LogP contribution is 2.43. The lowest BCUT2D eigenvalue weighted by Crippen LogP contribution is -2.51. The van der Waals surface area contributed by atoms with Gasteiger partial charge >= 0.3 is 0 Å². The van der Waals surface area contributed by atoms with E-state index in [1.54, 1.807) is 55.5 Å². The van der Waals surface area contributed by atoms with E-state index in [4.69, 9.17) is 49.9 Å². The van der Waals surface area contributed by atoms with E-state index in [0.717, 1.165) is 25.7 Å². The van der Waals surface area contributed by atoms with E-state index in [0.29, 0.717) is 49.3 Å². The Labute approximate surface area is 203 Å². The van der Waals surface area contributed by atoms with E-state index in [1.165, 1.54) is 0 Å². The highest BCUT2D eigenvalue weighted by atomic mass is 35.5. The van der Waals surface area contributed by atoms with Crippen molar-refractivity contribution in [1.29, 1.82) is 0 Å². The first-order chi connectivity index (χ1) is 15.3. The summed E-state index contributed by atoms with van der Waals surface area (Å²) in [5.41, 5.74) is 0.986. The first kappa shape index (κ1) is 23.0. The Balaban J connectivity index is 1.78. The number of rotatable bonds is 4. The van der Waals surface area contributed by atoms with Crippen LogP contribution >= 0.6 is 35.4 Å². The summed E-state index contributed by atoms with van der Waals surface area (Å²) in [4.78, 5) is 20.9. The number of benzene rings is 2. The van der Waals surface area contributed by atoms with Crippen LogP contribution in [-0.2, 0) is 0 Å². The summed E-state index contributed by atoms with van der Waals surface area (Å²) in [6.07, 6.45) is 3.40. The molecular weight excluding hydrogens is 467 g/mol. The van der Waals surface area contributed by atoms with Crippen molar-refractivity contribution < 1.29 is 14.3 Å². The normalized spacial score (nSPS) is 22.8. The molecule has 0 N–H and O–H groups in total. The van der Waals surface area contributed by atoms with Gasteiger partial charge in [0.2, 0.25) is 0 Å². The quantitative estimate of drug-likeness (QED) is 0.479. The standard InChI is InChI=1S/C24H24Cl2N2O3S/c1-14-8-10-24(11-9-14)27-21(17-6-5-16(25)13-18(17)26)23(32)28(24)22(29)15-4-7-19(30-2)20(12-15)31-3/h4-7,12-14H,8-11H2,1-3H3. The lowest BCUT2D eigenvalue weighted by molar-refractivity contribution is 0.0613. The van der Waals surface area contributed by atoms with Crippen molar-refractivity contribution in [3.8, 4) is 11.5 Å². The van der Waals surface area contributed by atoms with Crippen LogP contribution in [0.4, 0.5) is 0 Å². The van der Waals surface area contributed by atoms with Crippen LogP contribution in [-0.4, -0.2) is 41.4 Å². The minimum absolute atomic E-state index is 0.214. The van der Waals surface area contributed by atoms with Crippen molar-refractivity contribution in [2.24, 2.45) is 10.9 Å². The summed E-state index contributed by atoms with van der Waals surface area (Å²) in [5, 5.41) is 0.987. The van der Waals surface area contributed by atoms with Crippen LogP contribution in [0, 0.1) is 5.92 Å². The molecule has 1 spiro atoms. The third-order valence-electron chi connectivity index (χ3n) is 6.24. The van der Waals surface area contributed by atoms with Crippen molar-refractivity contribution in [2.75, 3.05) is 14.2 Å². The Morgan fingerprint density at radius 1 is 1.09 bits per heavy atom. The molecule has 0 aromatic heterocycles. The summed E-state index contributed by atoms with van der Waals surface area (Å²) >= 11 is 18.4. The fourth-order valence-corrected chi connectivity index (χ4v) is 5.30. The van der Waals surface area contributed by atoms with E-state index in [1.807, 2.05) is 0 Å². The number of carbonyl (C=O) groups is 1. The SMILES string of the molecule is COc1ccc(C(=O)N2C(=S)C(c3ccc(Cl)cc3Cl)=NC23CCC(C)CC3)cc1OC. The fraction of sp³-hybridized carbons (Fsp3) is 0.375. The van der Waals surface area contributed by atoms with Crippen molar-refractivity contribution in [3.05, 3.63) is 57.6 Å². The second-order valence-electron chi connectivity index (χ2n) is 8.27. The van der Waals surface area contributed by atoms with Crippen LogP contribution < -0.4 is 9.47 Å². The van der Waals surface area contributed by atoms with Gasteiger partial charge in [-0.3, -0.25) is 14.7 Å². The number of aliphatic imine (C=N–C) groups is 1. The molecule has 8 heteroatoms. The lowest BCUT2D eigenvalue weighted by atomic mass is 9.82. The Morgan fingerprint density at radius 3 is 2.41 bits per heavy atom. The molecule has 32 heavy (non-hydrogen) atoms. The monoisotopic (exact) mass is 490 g/mol. The van der Waals surface area contributed by atoms with Crippen molar-refractivity contribution >= 4 is 52.0 Å². The van der Waals surface area contributed by atoms with Crippen LogP contribution in [0.25, 0.3) is 0 Å². The zero-order chi connectivity index (χ0) is 23.0. The average molecular weight is 491 g/mol. The van der Waals surface area contributed by atoms with Crippen LogP contribution in [0.1, 0.15) is 48.5 Å². The molecule has 1 amide bonds. The first-order valence-corrected chi connectivity index (χ1v) is 11.6. The van der Waals surface area contributed by atoms with Crippen LogP contribution in [0.2, 0.25) is 10.0 Å². The van der Waals surface area contributed by atoms with Crippen LogP contribution in [0.5, 0.6) is 11.5 Å². The van der Waals surface area contributed by atoms with Gasteiger partial charge in [0.1, 0.15) is 16.4 Å². The molecule has 5 nitrogen and oxygen atoms in total. The Bertz CT molecular complexity index is 1110. The molecule has 1 saturated carbocycles. The second-order valence-corrected chi connectivity index (χ2v) is 9.50. The molecule has 2 aliphatic rings. The molecule has 0 radical (unpaired) electrons. The summed E-state index contributed by atoms with van der Waals surface area (Å²) in [5.74, 6) is 1.40. The largest absolute Gasteiger partial charge is 0.493 e. The van der Waals surface area contributed by atoms with Gasteiger partial charge in [-0.25, -0.2) is 0 Å². The number of amides is 1. The molecule has 168 valence electrons. The number of carbonyl (C=O) groups excluding carboxylic acids is 1. The third kappa shape index (κ3) is 4.00. The summed E-state index contributed by atoms with van der Waals surface area (Å²) in [6.45, 7) is 2.22. The highest BCUT2D eigenvalue weighted by Gasteiger charge is 2.50. The molecule has 2 aromatic carbocycles. The molecule has 1 aliphatic carbocycles. The van der Waals surface area contributed by atoms with Gasteiger partial charge in [0.05, 0.1) is 19.2 Å². The zero-order valence-electron chi connectivity index (χ0n) is 18.2. The number of ether oxygens (including phenoxy) is 2. The topological polar surface area (TPSA) is 51.1 Å². The van der Waals surface area contributed by atoms with Gasteiger partial charge in [-0.2, -0.15) is 0 Å². The molecular formula is C24H24Cl2N2O3S. The maximum absolute atomic E-state index is 13.8. The maximum atomic E-state index is 13.8. The fourth-order valence-electron chi connectivity index (χ4n) is 4.40. The Morgan fingerprint density at radius 2 is 1.78 bits per heavy atom. The molecule has 1 aliphatic heterocycles. The van der Waals surface area contributed by atoms with Crippen molar-refractivity contribution in [3.63, 3.8) is 0 Å². The maximum Gasteiger partial charge on any atom is 0.261 e. The molecule has 1 heterocycles. The summed E-state index contributed by atoms with van der Waals surface area (Å²) in [7, 11) is 3.10. The number of thiocarbonyl (C=S) groups is 1. The van der Waals surface area contributed by atoms with Crippen LogP contribution in [0.3, 0.4) is 0 Å². The summed E-state index contributed by atoms with van der Waals surface area (Å²) < 4.78 is 10.7. The van der Waals surface area contributed by atoms with E-state index in [-0.39, 0.29) is 5.91 Å².